The number of Topliss-reactive ketones (excluding diaryl/α,β-unsaturated/α-hetero) is 1. The van der Waals surface area contributed by atoms with E-state index in [1.807, 2.05) is 55.5 Å². The van der Waals surface area contributed by atoms with Crippen molar-refractivity contribution in [3.63, 3.8) is 0 Å². The zero-order valence-electron chi connectivity index (χ0n) is 19.1. The minimum atomic E-state index is -0.656. The fraction of sp³-hybridized carbons (Fsp3) is 0.333. The molecule has 0 bridgehead atoms. The monoisotopic (exact) mass is 446 g/mol. The first-order valence-electron chi connectivity index (χ1n) is 11.6. The highest BCUT2D eigenvalue weighted by atomic mass is 16.5. The van der Waals surface area contributed by atoms with Gasteiger partial charge in [0.25, 0.3) is 11.7 Å². The predicted molar refractivity (Wildman–Crippen MR) is 129 cm³/mol. The van der Waals surface area contributed by atoms with Crippen LogP contribution in [0.15, 0.2) is 60.3 Å². The summed E-state index contributed by atoms with van der Waals surface area (Å²) in [4.78, 5) is 30.6. The average Bonchev–Trinajstić information content (AvgIpc) is 3.37. The second-order valence-corrected chi connectivity index (χ2v) is 8.37. The van der Waals surface area contributed by atoms with E-state index in [1.165, 1.54) is 0 Å². The maximum absolute atomic E-state index is 13.1. The number of ether oxygens (including phenoxy) is 1. The normalized spacial score (nSPS) is 17.8. The van der Waals surface area contributed by atoms with Crippen molar-refractivity contribution in [1.29, 1.82) is 0 Å². The molecule has 3 aromatic rings. The zero-order chi connectivity index (χ0) is 23.4. The number of H-pyrrole nitrogens is 1. The van der Waals surface area contributed by atoms with Crippen molar-refractivity contribution in [1.82, 2.24) is 9.88 Å². The van der Waals surface area contributed by atoms with E-state index in [9.17, 15) is 14.7 Å². The Morgan fingerprint density at radius 3 is 2.52 bits per heavy atom. The molecule has 0 radical (unpaired) electrons. The van der Waals surface area contributed by atoms with Crippen molar-refractivity contribution in [3.8, 4) is 5.75 Å². The maximum Gasteiger partial charge on any atom is 0.295 e. The van der Waals surface area contributed by atoms with Gasteiger partial charge < -0.3 is 19.7 Å². The van der Waals surface area contributed by atoms with Gasteiger partial charge in [-0.05, 0) is 36.6 Å². The molecule has 4 rings (SSSR count). The van der Waals surface area contributed by atoms with E-state index in [2.05, 4.69) is 11.9 Å². The van der Waals surface area contributed by atoms with Gasteiger partial charge in [-0.1, -0.05) is 57.0 Å². The summed E-state index contributed by atoms with van der Waals surface area (Å²) in [6, 6.07) is 14.4. The Hall–Kier alpha value is -3.54. The Labute approximate surface area is 193 Å². The lowest BCUT2D eigenvalue weighted by Crippen LogP contribution is -2.30. The van der Waals surface area contributed by atoms with Crippen LogP contribution in [-0.4, -0.2) is 39.8 Å². The molecule has 0 aliphatic carbocycles. The number of carbonyl (C=O) groups excluding carboxylic acids is 2. The lowest BCUT2D eigenvalue weighted by atomic mass is 9.95. The quantitative estimate of drug-likeness (QED) is 0.195. The number of aliphatic hydroxyl groups is 1. The summed E-state index contributed by atoms with van der Waals surface area (Å²) in [6.07, 6.45) is 5.64. The maximum atomic E-state index is 13.1. The van der Waals surface area contributed by atoms with Crippen LogP contribution in [0.25, 0.3) is 16.7 Å². The number of nitrogens with one attached hydrogen (secondary N) is 1. The number of benzene rings is 2. The average molecular weight is 447 g/mol. The van der Waals surface area contributed by atoms with Crippen LogP contribution in [-0.2, 0) is 9.59 Å². The van der Waals surface area contributed by atoms with Crippen LogP contribution in [0.1, 0.15) is 56.7 Å². The van der Waals surface area contributed by atoms with E-state index >= 15 is 0 Å². The molecule has 172 valence electrons. The number of ketones is 1. The Kier molecular flexibility index (Phi) is 6.82. The van der Waals surface area contributed by atoms with E-state index in [4.69, 9.17) is 4.74 Å². The lowest BCUT2D eigenvalue weighted by Gasteiger charge is -2.25. The molecule has 33 heavy (non-hydrogen) atoms. The van der Waals surface area contributed by atoms with E-state index in [0.717, 1.165) is 41.5 Å². The van der Waals surface area contributed by atoms with Crippen LogP contribution in [0.3, 0.4) is 0 Å². The number of unbranched alkanes of at least 4 members (excludes halogenated alkanes) is 2. The number of hydrogen-bond acceptors (Lipinski definition) is 4. The molecule has 6 heteroatoms. The van der Waals surface area contributed by atoms with Crippen LogP contribution < -0.4 is 4.74 Å². The van der Waals surface area contributed by atoms with E-state index in [1.54, 1.807) is 11.1 Å². The number of nitrogens with zero attached hydrogens (tertiary/aromatic N) is 1. The smallest absolute Gasteiger partial charge is 0.295 e. The number of aliphatic hydroxyl groups excluding tert-OH is 1. The van der Waals surface area contributed by atoms with Gasteiger partial charge >= 0.3 is 0 Å². The summed E-state index contributed by atoms with van der Waals surface area (Å²) in [5.74, 6) is -0.646. The first-order chi connectivity index (χ1) is 16.1. The molecule has 1 aliphatic rings. The summed E-state index contributed by atoms with van der Waals surface area (Å²) >= 11 is 0. The van der Waals surface area contributed by atoms with Crippen molar-refractivity contribution in [2.75, 3.05) is 13.2 Å². The predicted octanol–water partition coefficient (Wildman–Crippen LogP) is 5.57. The SMILES string of the molecule is CCCCCOc1ccc(C2/C(=C(/O)c3c[nH]c4ccccc34)C(=O)C(=O)N2CCC)cc1. The third-order valence-corrected chi connectivity index (χ3v) is 6.06. The van der Waals surface area contributed by atoms with E-state index < -0.39 is 17.7 Å². The summed E-state index contributed by atoms with van der Waals surface area (Å²) in [5.41, 5.74) is 2.25. The van der Waals surface area contributed by atoms with Crippen molar-refractivity contribution in [2.24, 2.45) is 0 Å². The third kappa shape index (κ3) is 4.38. The highest BCUT2D eigenvalue weighted by molar-refractivity contribution is 6.46. The van der Waals surface area contributed by atoms with Crippen LogP contribution >= 0.6 is 0 Å². The van der Waals surface area contributed by atoms with Crippen LogP contribution in [0.2, 0.25) is 0 Å². The number of likely N-dealkylation sites (tertiary alicyclic amines) is 1. The van der Waals surface area contributed by atoms with Crippen LogP contribution in [0.4, 0.5) is 0 Å². The Morgan fingerprint density at radius 1 is 1.03 bits per heavy atom. The summed E-state index contributed by atoms with van der Waals surface area (Å²) in [5, 5.41) is 12.1. The van der Waals surface area contributed by atoms with E-state index in [-0.39, 0.29) is 11.3 Å². The number of amides is 1. The number of para-hydroxylation sites is 1. The summed E-state index contributed by atoms with van der Waals surface area (Å²) < 4.78 is 5.81. The first kappa shape index (κ1) is 22.6. The Bertz CT molecular complexity index is 1180. The zero-order valence-corrected chi connectivity index (χ0v) is 19.1. The van der Waals surface area contributed by atoms with Gasteiger partial charge in [0.15, 0.2) is 0 Å². The van der Waals surface area contributed by atoms with Gasteiger partial charge in [-0.2, -0.15) is 0 Å². The van der Waals surface area contributed by atoms with E-state index in [0.29, 0.717) is 25.1 Å². The molecule has 2 aromatic carbocycles. The number of hydrogen-bond donors (Lipinski definition) is 2. The third-order valence-electron chi connectivity index (χ3n) is 6.06. The fourth-order valence-corrected chi connectivity index (χ4v) is 4.40. The molecule has 0 saturated carbocycles. The molecule has 1 aromatic heterocycles. The van der Waals surface area contributed by atoms with Crippen LogP contribution in [0, 0.1) is 0 Å². The molecule has 2 N–H and O–H groups in total. The highest BCUT2D eigenvalue weighted by Gasteiger charge is 2.45. The standard InChI is InChI=1S/C27H30N2O4/c1-3-5-8-16-33-19-13-11-18(12-14-19)24-23(26(31)27(32)29(24)15-4-2)25(30)21-17-28-22-10-7-6-9-20(21)22/h6-7,9-14,17,24,28,30H,3-5,8,15-16H2,1-2H3/b25-23-. The number of carbonyl (C=O) groups is 2. The molecule has 6 nitrogen and oxygen atoms in total. The molecule has 1 aliphatic heterocycles. The van der Waals surface area contributed by atoms with Gasteiger partial charge in [-0.15, -0.1) is 0 Å². The number of rotatable bonds is 9. The molecule has 1 saturated heterocycles. The second kappa shape index (κ2) is 9.94. The second-order valence-electron chi connectivity index (χ2n) is 8.37. The van der Waals surface area contributed by atoms with Crippen molar-refractivity contribution in [2.45, 2.75) is 45.6 Å². The van der Waals surface area contributed by atoms with Crippen LogP contribution in [0.5, 0.6) is 5.75 Å². The molecule has 0 spiro atoms. The van der Waals surface area contributed by atoms with Crippen molar-refractivity contribution < 1.29 is 19.4 Å². The lowest BCUT2D eigenvalue weighted by molar-refractivity contribution is -0.139. The summed E-state index contributed by atoms with van der Waals surface area (Å²) in [7, 11) is 0. The largest absolute Gasteiger partial charge is 0.507 e. The number of aromatic amines is 1. The number of fused-ring (bicyclic) bond motifs is 1. The molecular formula is C27H30N2O4. The minimum absolute atomic E-state index is 0.120. The van der Waals surface area contributed by atoms with Gasteiger partial charge in [0, 0.05) is 29.2 Å². The topological polar surface area (TPSA) is 82.6 Å². The Morgan fingerprint density at radius 2 is 1.79 bits per heavy atom. The minimum Gasteiger partial charge on any atom is -0.507 e. The van der Waals surface area contributed by atoms with Gasteiger partial charge in [-0.25, -0.2) is 0 Å². The van der Waals surface area contributed by atoms with Gasteiger partial charge in [0.2, 0.25) is 0 Å². The molecule has 1 amide bonds. The molecular weight excluding hydrogens is 416 g/mol. The molecule has 1 fully saturated rings. The van der Waals surface area contributed by atoms with Gasteiger partial charge in [-0.3, -0.25) is 9.59 Å². The van der Waals surface area contributed by atoms with Crippen molar-refractivity contribution >= 4 is 28.4 Å². The molecule has 2 heterocycles. The van der Waals surface area contributed by atoms with Gasteiger partial charge in [0.1, 0.15) is 11.5 Å². The van der Waals surface area contributed by atoms with Gasteiger partial charge in [0.05, 0.1) is 18.2 Å². The summed E-state index contributed by atoms with van der Waals surface area (Å²) in [6.45, 7) is 5.19. The fourth-order valence-electron chi connectivity index (χ4n) is 4.40. The van der Waals surface area contributed by atoms with Crippen molar-refractivity contribution in [3.05, 3.63) is 71.4 Å². The molecule has 1 atom stereocenters. The molecule has 1 unspecified atom stereocenters. The first-order valence-corrected chi connectivity index (χ1v) is 11.6. The number of aromatic nitrogens is 1. The highest BCUT2D eigenvalue weighted by Crippen LogP contribution is 2.40. The Balaban J connectivity index is 1.73.